The summed E-state index contributed by atoms with van der Waals surface area (Å²) in [5, 5.41) is 18.6. The Labute approximate surface area is 328 Å². The SMILES string of the molecule is Cn1nnnc1CC(=S)OC[C@@H]1[C@H](NC(=O)C(=NOC(C)(C)C(=O)OC(c2ccccc2)c2ccccc2)c2csc(N)n2)C(=O)N1S(=O)(=O)[O-].[Na+]. The second-order valence-electron chi connectivity index (χ2n) is 11.4. The van der Waals surface area contributed by atoms with Gasteiger partial charge in [0.25, 0.3) is 11.8 Å². The quantitative estimate of drug-likeness (QED) is 0.0263. The van der Waals surface area contributed by atoms with E-state index in [0.29, 0.717) is 17.0 Å². The Morgan fingerprint density at radius 2 is 1.75 bits per heavy atom. The zero-order chi connectivity index (χ0) is 36.9. The van der Waals surface area contributed by atoms with Crippen molar-refractivity contribution >= 4 is 67.5 Å². The van der Waals surface area contributed by atoms with Crippen molar-refractivity contribution in [3.8, 4) is 0 Å². The smallest absolute Gasteiger partial charge is 0.731 e. The molecule has 1 aliphatic rings. The third-order valence-corrected chi connectivity index (χ3v) is 9.26. The van der Waals surface area contributed by atoms with Crippen LogP contribution in [0.3, 0.4) is 0 Å². The van der Waals surface area contributed by atoms with Gasteiger partial charge in [-0.05, 0) is 47.6 Å². The van der Waals surface area contributed by atoms with Gasteiger partial charge in [0, 0.05) is 12.4 Å². The maximum atomic E-state index is 13.6. The van der Waals surface area contributed by atoms with Gasteiger partial charge in [0.05, 0.1) is 6.42 Å². The molecule has 0 aliphatic carbocycles. The second kappa shape index (κ2) is 17.0. The fraction of sp³-hybridized carbons (Fsp3) is 0.300. The number of ether oxygens (including phenoxy) is 2. The standard InChI is InChI=1S/C30H31N9O9S3.Na/c1-30(2,28(42)47-25(17-10-6-4-7-11-17)18-12-8-5-9-13-18)48-35-23(19-16-50-29(31)32-19)26(40)33-24-20(39(27(24)41)51(43,44)45)15-46-22(49)14-21-34-36-37-38(21)3;/h4-13,16,20,24-25H,14-15H2,1-3H3,(H2,31,32)(H,33,40)(H,43,44,45);/q;+1/p-1/t20-,24+;/m1./s1. The summed E-state index contributed by atoms with van der Waals surface area (Å²) in [4.78, 5) is 49.6. The number of rotatable bonds is 14. The number of nitrogens with one attached hydrogen (secondary N) is 1. The number of oxime groups is 1. The topological polar surface area (TPSA) is 246 Å². The number of carbonyl (C=O) groups is 3. The molecule has 1 fully saturated rings. The summed E-state index contributed by atoms with van der Waals surface area (Å²) < 4.78 is 48.5. The van der Waals surface area contributed by atoms with Gasteiger partial charge < -0.3 is 29.9 Å². The largest absolute Gasteiger partial charge is 1.00 e. The molecule has 2 aromatic carbocycles. The second-order valence-corrected chi connectivity index (χ2v) is 14.0. The third-order valence-electron chi connectivity index (χ3n) is 7.39. The van der Waals surface area contributed by atoms with E-state index in [1.165, 1.54) is 23.9 Å². The number of anilines is 1. The van der Waals surface area contributed by atoms with E-state index in [1.807, 2.05) is 12.1 Å². The number of nitrogens with zero attached hydrogens (tertiary/aromatic N) is 7. The van der Waals surface area contributed by atoms with Gasteiger partial charge in [0.15, 0.2) is 38.1 Å². The minimum absolute atomic E-state index is 0. The van der Waals surface area contributed by atoms with Crippen molar-refractivity contribution < 1.29 is 71.2 Å². The molecule has 22 heteroatoms. The van der Waals surface area contributed by atoms with Crippen LogP contribution in [0.1, 0.15) is 42.6 Å². The van der Waals surface area contributed by atoms with E-state index in [4.69, 9.17) is 32.3 Å². The Morgan fingerprint density at radius 1 is 1.13 bits per heavy atom. The Kier molecular flexibility index (Phi) is 13.2. The van der Waals surface area contributed by atoms with Crippen molar-refractivity contribution in [2.45, 2.75) is 44.1 Å². The predicted molar refractivity (Wildman–Crippen MR) is 182 cm³/mol. The van der Waals surface area contributed by atoms with Crippen LogP contribution in [0.5, 0.6) is 0 Å². The van der Waals surface area contributed by atoms with Crippen molar-refractivity contribution in [2.24, 2.45) is 12.2 Å². The summed E-state index contributed by atoms with van der Waals surface area (Å²) in [5.41, 5.74) is 4.79. The molecule has 268 valence electrons. The van der Waals surface area contributed by atoms with Gasteiger partial charge in [-0.3, -0.25) is 9.59 Å². The summed E-state index contributed by atoms with van der Waals surface area (Å²) in [6.45, 7) is 2.16. The van der Waals surface area contributed by atoms with Gasteiger partial charge >= 0.3 is 35.5 Å². The van der Waals surface area contributed by atoms with Gasteiger partial charge in [-0.15, -0.1) is 16.4 Å². The minimum Gasteiger partial charge on any atom is -0.731 e. The number of aromatic nitrogens is 5. The zero-order valence-electron chi connectivity index (χ0n) is 28.1. The molecule has 2 amide bonds. The van der Waals surface area contributed by atoms with E-state index in [9.17, 15) is 27.4 Å². The molecule has 3 heterocycles. The van der Waals surface area contributed by atoms with Crippen molar-refractivity contribution in [2.75, 3.05) is 12.3 Å². The molecule has 18 nitrogen and oxygen atoms in total. The van der Waals surface area contributed by atoms with Crippen LogP contribution in [0, 0.1) is 0 Å². The number of thiazole rings is 1. The van der Waals surface area contributed by atoms with Crippen LogP contribution in [0.25, 0.3) is 0 Å². The molecule has 52 heavy (non-hydrogen) atoms. The number of aryl methyl sites for hydroxylation is 1. The molecule has 2 atom stereocenters. The number of carbonyl (C=O) groups excluding carboxylic acids is 3. The molecule has 0 spiro atoms. The Balaban J connectivity index is 0.00000605. The molecule has 0 radical (unpaired) electrons. The molecule has 1 saturated heterocycles. The van der Waals surface area contributed by atoms with Crippen LogP contribution < -0.4 is 40.6 Å². The number of hydrogen-bond acceptors (Lipinski definition) is 17. The van der Waals surface area contributed by atoms with Crippen molar-refractivity contribution in [3.63, 3.8) is 0 Å². The Bertz CT molecular complexity index is 2020. The summed E-state index contributed by atoms with van der Waals surface area (Å²) >= 11 is 6.14. The molecule has 0 unspecified atom stereocenters. The number of benzene rings is 2. The average Bonchev–Trinajstić information content (AvgIpc) is 3.71. The molecular formula is C30H30N9NaO9S3. The third kappa shape index (κ3) is 9.53. The maximum Gasteiger partial charge on any atom is 1.00 e. The zero-order valence-corrected chi connectivity index (χ0v) is 32.6. The van der Waals surface area contributed by atoms with Crippen LogP contribution in [0.15, 0.2) is 71.2 Å². The first-order valence-electron chi connectivity index (χ1n) is 14.9. The van der Waals surface area contributed by atoms with Crippen molar-refractivity contribution in [1.29, 1.82) is 0 Å². The number of thiocarbonyl (C=S) groups is 1. The first-order valence-corrected chi connectivity index (χ1v) is 17.6. The molecule has 1 aliphatic heterocycles. The van der Waals surface area contributed by atoms with Crippen molar-refractivity contribution in [1.82, 2.24) is 34.8 Å². The molecule has 2 aromatic heterocycles. The molecule has 4 aromatic rings. The van der Waals surface area contributed by atoms with E-state index >= 15 is 0 Å². The number of nitrogens with two attached hydrogens (primary N) is 1. The molecule has 5 rings (SSSR count). The number of hydrogen-bond donors (Lipinski definition) is 2. The van der Waals surface area contributed by atoms with Crippen LogP contribution in [-0.4, -0.2) is 95.3 Å². The Morgan fingerprint density at radius 3 is 2.27 bits per heavy atom. The van der Waals surface area contributed by atoms with Gasteiger partial charge in [-0.2, -0.15) is 0 Å². The number of nitrogen functional groups attached to an aromatic ring is 1. The molecular weight excluding hydrogens is 750 g/mol. The Hall–Kier alpha value is -4.38. The number of amides is 2. The summed E-state index contributed by atoms with van der Waals surface area (Å²) in [7, 11) is -3.74. The number of β-lactam (4-membered cyclic amide) rings is 1. The van der Waals surface area contributed by atoms with E-state index in [0.717, 1.165) is 11.3 Å². The average molecular weight is 780 g/mol. The maximum absolute atomic E-state index is 13.6. The van der Waals surface area contributed by atoms with Crippen LogP contribution in [0.2, 0.25) is 0 Å². The first-order chi connectivity index (χ1) is 24.2. The normalized spacial score (nSPS) is 16.1. The van der Waals surface area contributed by atoms with Crippen molar-refractivity contribution in [3.05, 3.63) is 88.7 Å². The van der Waals surface area contributed by atoms with E-state index in [1.54, 1.807) is 55.6 Å². The van der Waals surface area contributed by atoms with E-state index in [-0.39, 0.29) is 56.2 Å². The van der Waals surface area contributed by atoms with Crippen LogP contribution in [0.4, 0.5) is 5.13 Å². The summed E-state index contributed by atoms with van der Waals surface area (Å²) in [6, 6.07) is 15.0. The van der Waals surface area contributed by atoms with Gasteiger partial charge in [-0.1, -0.05) is 65.8 Å². The minimum atomic E-state index is -5.31. The van der Waals surface area contributed by atoms with Gasteiger partial charge in [0.2, 0.25) is 5.60 Å². The van der Waals surface area contributed by atoms with Crippen LogP contribution in [-0.2, 0) is 52.5 Å². The number of tetrazole rings is 1. The van der Waals surface area contributed by atoms with Gasteiger partial charge in [0.1, 0.15) is 24.4 Å². The first kappa shape index (κ1) is 40.4. The summed E-state index contributed by atoms with van der Waals surface area (Å²) in [5.74, 6) is -2.81. The number of esters is 1. The fourth-order valence-electron chi connectivity index (χ4n) is 4.71. The molecule has 0 saturated carbocycles. The molecule has 3 N–H and O–H groups in total. The van der Waals surface area contributed by atoms with Gasteiger partial charge in [-0.25, -0.2) is 27.2 Å². The molecule has 0 bridgehead atoms. The summed E-state index contributed by atoms with van der Waals surface area (Å²) in [6.07, 6.45) is -0.850. The predicted octanol–water partition coefficient (Wildman–Crippen LogP) is -2.17. The van der Waals surface area contributed by atoms with E-state index in [2.05, 4.69) is 31.0 Å². The fourth-order valence-corrected chi connectivity index (χ4v) is 6.31. The van der Waals surface area contributed by atoms with Crippen LogP contribution >= 0.6 is 23.6 Å². The monoisotopic (exact) mass is 779 g/mol. The van der Waals surface area contributed by atoms with E-state index < -0.39 is 64.2 Å².